The van der Waals surface area contributed by atoms with E-state index in [1.54, 1.807) is 0 Å². The minimum atomic E-state index is -0.554. The molecular formula is C16H19ClN2O2S. The summed E-state index contributed by atoms with van der Waals surface area (Å²) in [6, 6.07) is 9.39. The topological polar surface area (TPSA) is 55.2 Å². The van der Waals surface area contributed by atoms with Crippen LogP contribution in [0.4, 0.5) is 0 Å². The van der Waals surface area contributed by atoms with Crippen LogP contribution in [-0.2, 0) is 11.3 Å². The summed E-state index contributed by atoms with van der Waals surface area (Å²) >= 11 is 7.26. The molecule has 0 radical (unpaired) electrons. The zero-order valence-corrected chi connectivity index (χ0v) is 14.2. The molecule has 1 atom stereocenters. The Morgan fingerprint density at radius 2 is 1.82 bits per heavy atom. The fourth-order valence-corrected chi connectivity index (χ4v) is 2.85. The lowest BCUT2D eigenvalue weighted by Crippen LogP contribution is -2.18. The molecular weight excluding hydrogens is 320 g/mol. The van der Waals surface area contributed by atoms with Crippen LogP contribution in [-0.4, -0.2) is 33.5 Å². The second-order valence-corrected chi connectivity index (χ2v) is 6.46. The van der Waals surface area contributed by atoms with Crippen LogP contribution in [0.3, 0.4) is 0 Å². The zero-order valence-electron chi connectivity index (χ0n) is 12.6. The van der Waals surface area contributed by atoms with Crippen LogP contribution in [0.25, 0.3) is 0 Å². The molecule has 4 nitrogen and oxygen atoms in total. The van der Waals surface area contributed by atoms with Crippen LogP contribution in [0.15, 0.2) is 35.5 Å². The molecule has 0 saturated carbocycles. The van der Waals surface area contributed by atoms with Gasteiger partial charge in [-0.3, -0.25) is 0 Å². The van der Waals surface area contributed by atoms with E-state index in [1.807, 2.05) is 44.2 Å². The van der Waals surface area contributed by atoms with Crippen LogP contribution in [0.2, 0.25) is 5.02 Å². The number of hydrogen-bond donors (Lipinski definition) is 1. The molecule has 1 aromatic heterocycles. The standard InChI is InChI=1S/C16H19ClN2O2S/c1-11-7-12(2)19-16(18-11)22-10-15(20)9-21-8-13-3-5-14(17)6-4-13/h3-7,15,20H,8-10H2,1-2H3. The van der Waals surface area contributed by atoms with Gasteiger partial charge in [0.1, 0.15) is 0 Å². The van der Waals surface area contributed by atoms with E-state index < -0.39 is 6.10 Å². The summed E-state index contributed by atoms with van der Waals surface area (Å²) in [7, 11) is 0. The van der Waals surface area contributed by atoms with Crippen molar-refractivity contribution in [1.82, 2.24) is 9.97 Å². The predicted octanol–water partition coefficient (Wildman–Crippen LogP) is 3.42. The Morgan fingerprint density at radius 3 is 2.45 bits per heavy atom. The number of thioether (sulfide) groups is 1. The minimum Gasteiger partial charge on any atom is -0.390 e. The lowest BCUT2D eigenvalue weighted by Gasteiger charge is -2.11. The number of hydrogen-bond acceptors (Lipinski definition) is 5. The first kappa shape index (κ1) is 17.2. The van der Waals surface area contributed by atoms with Gasteiger partial charge in [0.25, 0.3) is 0 Å². The molecule has 1 N–H and O–H groups in total. The van der Waals surface area contributed by atoms with Crippen molar-refractivity contribution in [2.75, 3.05) is 12.4 Å². The fraction of sp³-hybridized carbons (Fsp3) is 0.375. The van der Waals surface area contributed by atoms with Gasteiger partial charge in [-0.25, -0.2) is 9.97 Å². The van der Waals surface area contributed by atoms with Crippen molar-refractivity contribution in [2.45, 2.75) is 31.7 Å². The van der Waals surface area contributed by atoms with Gasteiger partial charge in [-0.15, -0.1) is 0 Å². The van der Waals surface area contributed by atoms with Gasteiger partial charge < -0.3 is 9.84 Å². The van der Waals surface area contributed by atoms with Crippen molar-refractivity contribution in [2.24, 2.45) is 0 Å². The summed E-state index contributed by atoms with van der Waals surface area (Å²) in [5.74, 6) is 0.503. The highest BCUT2D eigenvalue weighted by Crippen LogP contribution is 2.16. The van der Waals surface area contributed by atoms with Gasteiger partial charge in [0.05, 0.1) is 19.3 Å². The SMILES string of the molecule is Cc1cc(C)nc(SCC(O)COCc2ccc(Cl)cc2)n1. The van der Waals surface area contributed by atoms with Crippen LogP contribution in [0.5, 0.6) is 0 Å². The third-order valence-corrected chi connectivity index (χ3v) is 4.10. The second kappa shape index (κ2) is 8.48. The van der Waals surface area contributed by atoms with Gasteiger partial charge in [-0.1, -0.05) is 35.5 Å². The molecule has 0 aliphatic rings. The number of benzene rings is 1. The van der Waals surface area contributed by atoms with E-state index in [0.29, 0.717) is 22.5 Å². The Labute approximate surface area is 139 Å². The molecule has 2 aromatic rings. The first-order valence-corrected chi connectivity index (χ1v) is 8.34. The Kier molecular flexibility index (Phi) is 6.64. The lowest BCUT2D eigenvalue weighted by molar-refractivity contribution is 0.0398. The summed E-state index contributed by atoms with van der Waals surface area (Å²) in [6.45, 7) is 4.61. The van der Waals surface area contributed by atoms with Gasteiger partial charge in [0.2, 0.25) is 0 Å². The second-order valence-electron chi connectivity index (χ2n) is 5.04. The number of halogens is 1. The van der Waals surface area contributed by atoms with Crippen molar-refractivity contribution in [3.05, 3.63) is 52.3 Å². The van der Waals surface area contributed by atoms with Crippen molar-refractivity contribution >= 4 is 23.4 Å². The molecule has 6 heteroatoms. The van der Waals surface area contributed by atoms with E-state index in [1.165, 1.54) is 11.8 Å². The molecule has 1 heterocycles. The number of aromatic nitrogens is 2. The molecule has 0 saturated heterocycles. The smallest absolute Gasteiger partial charge is 0.188 e. The highest BCUT2D eigenvalue weighted by atomic mass is 35.5. The molecule has 0 fully saturated rings. The molecule has 0 bridgehead atoms. The van der Waals surface area contributed by atoms with Crippen molar-refractivity contribution < 1.29 is 9.84 Å². The third-order valence-electron chi connectivity index (χ3n) is 2.86. The first-order chi connectivity index (χ1) is 10.5. The van der Waals surface area contributed by atoms with Gasteiger partial charge in [-0.05, 0) is 37.6 Å². The maximum atomic E-state index is 9.95. The molecule has 0 aliphatic carbocycles. The Morgan fingerprint density at radius 1 is 1.18 bits per heavy atom. The predicted molar refractivity (Wildman–Crippen MR) is 89.3 cm³/mol. The fourth-order valence-electron chi connectivity index (χ4n) is 1.87. The van der Waals surface area contributed by atoms with Crippen molar-refractivity contribution in [3.8, 4) is 0 Å². The Bertz CT molecular complexity index is 587. The quantitative estimate of drug-likeness (QED) is 0.619. The summed E-state index contributed by atoms with van der Waals surface area (Å²) in [4.78, 5) is 8.66. The number of aliphatic hydroxyl groups is 1. The zero-order chi connectivity index (χ0) is 15.9. The average molecular weight is 339 g/mol. The molecule has 0 spiro atoms. The summed E-state index contributed by atoms with van der Waals surface area (Å²) in [5.41, 5.74) is 2.90. The first-order valence-electron chi connectivity index (χ1n) is 6.98. The number of aryl methyl sites for hydroxylation is 2. The van der Waals surface area contributed by atoms with Gasteiger partial charge in [0.15, 0.2) is 5.16 Å². The summed E-state index contributed by atoms with van der Waals surface area (Å²) in [5, 5.41) is 11.3. The molecule has 22 heavy (non-hydrogen) atoms. The normalized spacial score (nSPS) is 12.4. The van der Waals surface area contributed by atoms with E-state index >= 15 is 0 Å². The molecule has 0 amide bonds. The monoisotopic (exact) mass is 338 g/mol. The minimum absolute atomic E-state index is 0.278. The maximum Gasteiger partial charge on any atom is 0.188 e. The number of ether oxygens (including phenoxy) is 1. The third kappa shape index (κ3) is 5.93. The van der Waals surface area contributed by atoms with E-state index in [9.17, 15) is 5.11 Å². The summed E-state index contributed by atoms with van der Waals surface area (Å²) < 4.78 is 5.51. The molecule has 1 unspecified atom stereocenters. The van der Waals surface area contributed by atoms with Crippen molar-refractivity contribution in [3.63, 3.8) is 0 Å². The average Bonchev–Trinajstić information content (AvgIpc) is 2.46. The molecule has 2 rings (SSSR count). The number of rotatable bonds is 7. The summed E-state index contributed by atoms with van der Waals surface area (Å²) in [6.07, 6.45) is -0.554. The highest BCUT2D eigenvalue weighted by Gasteiger charge is 2.08. The van der Waals surface area contributed by atoms with Gasteiger partial charge >= 0.3 is 0 Å². The van der Waals surface area contributed by atoms with E-state index in [0.717, 1.165) is 17.0 Å². The Balaban J connectivity index is 1.71. The Hall–Kier alpha value is -1.14. The lowest BCUT2D eigenvalue weighted by atomic mass is 10.2. The van der Waals surface area contributed by atoms with Crippen LogP contribution >= 0.6 is 23.4 Å². The molecule has 118 valence electrons. The van der Waals surface area contributed by atoms with Gasteiger partial charge in [0, 0.05) is 22.2 Å². The maximum absolute atomic E-state index is 9.95. The van der Waals surface area contributed by atoms with Crippen LogP contribution in [0.1, 0.15) is 17.0 Å². The number of aliphatic hydroxyl groups excluding tert-OH is 1. The molecule has 0 aliphatic heterocycles. The van der Waals surface area contributed by atoms with Gasteiger partial charge in [-0.2, -0.15) is 0 Å². The molecule has 1 aromatic carbocycles. The van der Waals surface area contributed by atoms with Crippen LogP contribution in [0, 0.1) is 13.8 Å². The van der Waals surface area contributed by atoms with E-state index in [2.05, 4.69) is 9.97 Å². The number of nitrogens with zero attached hydrogens (tertiary/aromatic N) is 2. The highest BCUT2D eigenvalue weighted by molar-refractivity contribution is 7.99. The van der Waals surface area contributed by atoms with E-state index in [4.69, 9.17) is 16.3 Å². The van der Waals surface area contributed by atoms with E-state index in [-0.39, 0.29) is 6.61 Å². The van der Waals surface area contributed by atoms with Crippen molar-refractivity contribution in [1.29, 1.82) is 0 Å². The van der Waals surface area contributed by atoms with Crippen LogP contribution < -0.4 is 0 Å². The largest absolute Gasteiger partial charge is 0.390 e.